The maximum absolute atomic E-state index is 13.1. The maximum Gasteiger partial charge on any atom is 0.327 e. The first-order valence-electron chi connectivity index (χ1n) is 25.3. The molecule has 1 atom stereocenters. The van der Waals surface area contributed by atoms with Gasteiger partial charge in [-0.15, -0.1) is 0 Å². The standard InChI is InChI=1S/C34H32N2O4.C30H30N2O4/c1-35(21-20-25-10-4-2-5-11-25)32(37)23-36-22-30(29-14-8-9-15-31(29)36)33(34(38)39)27-16-18-28(19-17-27)40-24-26-12-6-3-7-13-26;1-31(18-17-23-9-4-2-5-10-23)29(33)21-32-20-25(13-8-14-30(34)35)27-19-26(15-16-28(27)32)36-22-24-11-6-3-7-12-24/h2-19,22,33H,20-21,23-24H2,1H3,(H,38,39);2-12,14-16,19-20H,13,17-18,21-22H2,1H3,(H,34,35). The molecule has 2 aromatic heterocycles. The van der Waals surface area contributed by atoms with E-state index in [1.54, 1.807) is 47.2 Å². The van der Waals surface area contributed by atoms with Gasteiger partial charge in [-0.05, 0) is 94.6 Å². The molecule has 76 heavy (non-hydrogen) atoms. The van der Waals surface area contributed by atoms with E-state index in [0.717, 1.165) is 63.2 Å². The van der Waals surface area contributed by atoms with Crippen LogP contribution in [0.5, 0.6) is 11.5 Å². The normalized spacial score (nSPS) is 11.4. The second kappa shape index (κ2) is 26.2. The number of carbonyl (C=O) groups is 4. The Hall–Kier alpha value is -9.16. The lowest BCUT2D eigenvalue weighted by Crippen LogP contribution is -2.31. The molecule has 0 radical (unpaired) electrons. The predicted molar refractivity (Wildman–Crippen MR) is 297 cm³/mol. The average molecular weight is 1020 g/mol. The van der Waals surface area contributed by atoms with Crippen LogP contribution in [0.1, 0.15) is 44.9 Å². The van der Waals surface area contributed by atoms with Crippen molar-refractivity contribution in [1.29, 1.82) is 0 Å². The molecule has 386 valence electrons. The van der Waals surface area contributed by atoms with Gasteiger partial charge in [-0.1, -0.05) is 158 Å². The third-order valence-corrected chi connectivity index (χ3v) is 13.2. The van der Waals surface area contributed by atoms with Gasteiger partial charge in [0, 0.05) is 67.5 Å². The molecule has 12 heteroatoms. The summed E-state index contributed by atoms with van der Waals surface area (Å²) < 4.78 is 15.7. The van der Waals surface area contributed by atoms with Gasteiger partial charge in [0.05, 0.1) is 0 Å². The molecule has 2 amide bonds. The Labute approximate surface area is 443 Å². The Morgan fingerprint density at radius 1 is 0.526 bits per heavy atom. The SMILES string of the molecule is CN(CCc1ccccc1)C(=O)Cn1cc(C(C(=O)O)c2ccc(OCc3ccccc3)cc2)c2ccccc21.CN(CCc1ccccc1)C(=O)Cn1cc(CC=CC(=O)O)c2cc(OCc3ccccc3)ccc21. The van der Waals surface area contributed by atoms with E-state index in [0.29, 0.717) is 49.6 Å². The Morgan fingerprint density at radius 2 is 0.987 bits per heavy atom. The number of amides is 2. The summed E-state index contributed by atoms with van der Waals surface area (Å²) in [5, 5.41) is 21.0. The number of carboxylic acids is 2. The Balaban J connectivity index is 0.000000203. The smallest absolute Gasteiger partial charge is 0.327 e. The van der Waals surface area contributed by atoms with E-state index in [4.69, 9.17) is 14.6 Å². The quantitative estimate of drug-likeness (QED) is 0.0639. The molecule has 0 aliphatic rings. The van der Waals surface area contributed by atoms with Crippen molar-refractivity contribution >= 4 is 45.6 Å². The lowest BCUT2D eigenvalue weighted by molar-refractivity contribution is -0.138. The van der Waals surface area contributed by atoms with E-state index in [1.807, 2.05) is 168 Å². The summed E-state index contributed by atoms with van der Waals surface area (Å²) in [5.74, 6) is -1.45. The monoisotopic (exact) mass is 1010 g/mol. The van der Waals surface area contributed by atoms with Gasteiger partial charge in [0.15, 0.2) is 0 Å². The number of para-hydroxylation sites is 1. The predicted octanol–water partition coefficient (Wildman–Crippen LogP) is 11.2. The van der Waals surface area contributed by atoms with E-state index in [2.05, 4.69) is 24.3 Å². The molecule has 9 aromatic rings. The fourth-order valence-corrected chi connectivity index (χ4v) is 9.01. The minimum Gasteiger partial charge on any atom is -0.489 e. The van der Waals surface area contributed by atoms with Gasteiger partial charge in [0.1, 0.15) is 43.7 Å². The minimum absolute atomic E-state index is 0.0138. The molecule has 1 unspecified atom stereocenters. The van der Waals surface area contributed by atoms with E-state index in [9.17, 15) is 24.3 Å². The average Bonchev–Trinajstić information content (AvgIpc) is 3.99. The van der Waals surface area contributed by atoms with E-state index in [1.165, 1.54) is 11.1 Å². The number of carbonyl (C=O) groups excluding carboxylic acids is 2. The number of hydrogen-bond donors (Lipinski definition) is 2. The number of allylic oxidation sites excluding steroid dienone is 1. The van der Waals surface area contributed by atoms with Crippen LogP contribution in [0.3, 0.4) is 0 Å². The number of aliphatic carboxylic acids is 2. The number of aromatic nitrogens is 2. The van der Waals surface area contributed by atoms with Crippen LogP contribution in [0, 0.1) is 0 Å². The van der Waals surface area contributed by atoms with Crippen LogP contribution in [-0.4, -0.2) is 80.1 Å². The first kappa shape index (κ1) is 53.1. The van der Waals surface area contributed by atoms with Gasteiger partial charge < -0.3 is 38.6 Å². The van der Waals surface area contributed by atoms with Crippen molar-refractivity contribution in [2.75, 3.05) is 27.2 Å². The molecule has 0 aliphatic carbocycles. The van der Waals surface area contributed by atoms with Crippen LogP contribution < -0.4 is 9.47 Å². The lowest BCUT2D eigenvalue weighted by atomic mass is 9.91. The first-order valence-corrected chi connectivity index (χ1v) is 25.3. The molecule has 0 bridgehead atoms. The van der Waals surface area contributed by atoms with E-state index >= 15 is 0 Å². The number of rotatable bonds is 22. The van der Waals surface area contributed by atoms with Crippen molar-refractivity contribution in [2.24, 2.45) is 0 Å². The van der Waals surface area contributed by atoms with Crippen LogP contribution in [0.4, 0.5) is 0 Å². The largest absolute Gasteiger partial charge is 0.489 e. The number of hydrogen-bond acceptors (Lipinski definition) is 6. The summed E-state index contributed by atoms with van der Waals surface area (Å²) >= 11 is 0. The van der Waals surface area contributed by atoms with Crippen LogP contribution in [0.25, 0.3) is 21.8 Å². The molecule has 2 heterocycles. The number of carboxylic acid groups (broad SMARTS) is 2. The number of ether oxygens (including phenoxy) is 2. The summed E-state index contributed by atoms with van der Waals surface area (Å²) in [6.07, 6.45) is 8.51. The van der Waals surface area contributed by atoms with Gasteiger partial charge in [0.25, 0.3) is 0 Å². The molecule has 0 saturated carbocycles. The number of fused-ring (bicyclic) bond motifs is 2. The Kier molecular flexibility index (Phi) is 18.3. The summed E-state index contributed by atoms with van der Waals surface area (Å²) in [4.78, 5) is 53.2. The minimum atomic E-state index is -0.985. The van der Waals surface area contributed by atoms with Crippen LogP contribution in [0.2, 0.25) is 0 Å². The van der Waals surface area contributed by atoms with E-state index in [-0.39, 0.29) is 24.9 Å². The molecule has 12 nitrogen and oxygen atoms in total. The summed E-state index contributed by atoms with van der Waals surface area (Å²) in [6, 6.07) is 60.7. The zero-order chi connectivity index (χ0) is 53.2. The third kappa shape index (κ3) is 14.5. The molecule has 0 saturated heterocycles. The topological polar surface area (TPSA) is 144 Å². The van der Waals surface area contributed by atoms with Crippen molar-refractivity contribution in [3.63, 3.8) is 0 Å². The number of benzene rings is 7. The van der Waals surface area contributed by atoms with Gasteiger partial charge >= 0.3 is 11.9 Å². The van der Waals surface area contributed by atoms with Crippen molar-refractivity contribution < 1.29 is 38.9 Å². The number of likely N-dealkylation sites (N-methyl/N-ethyl adjacent to an activating group) is 2. The van der Waals surface area contributed by atoms with Crippen molar-refractivity contribution in [3.8, 4) is 11.5 Å². The van der Waals surface area contributed by atoms with Gasteiger partial charge in [-0.25, -0.2) is 4.79 Å². The van der Waals surface area contributed by atoms with Crippen molar-refractivity contribution in [1.82, 2.24) is 18.9 Å². The lowest BCUT2D eigenvalue weighted by Gasteiger charge is -2.18. The molecular weight excluding hydrogens is 953 g/mol. The van der Waals surface area contributed by atoms with Gasteiger partial charge in [0.2, 0.25) is 11.8 Å². The number of nitrogens with zero attached hydrogens (tertiary/aromatic N) is 4. The van der Waals surface area contributed by atoms with Gasteiger partial charge in [-0.2, -0.15) is 0 Å². The van der Waals surface area contributed by atoms with Gasteiger partial charge in [-0.3, -0.25) is 14.4 Å². The molecule has 2 N–H and O–H groups in total. The summed E-state index contributed by atoms with van der Waals surface area (Å²) in [6.45, 7) is 2.45. The first-order chi connectivity index (χ1) is 37.0. The molecular formula is C64H62N4O8. The van der Waals surface area contributed by atoms with Crippen LogP contribution in [-0.2, 0) is 64.7 Å². The second-order valence-corrected chi connectivity index (χ2v) is 18.6. The summed E-state index contributed by atoms with van der Waals surface area (Å²) in [5.41, 5.74) is 8.48. The Morgan fingerprint density at radius 3 is 1.51 bits per heavy atom. The second-order valence-electron chi connectivity index (χ2n) is 18.6. The molecule has 7 aromatic carbocycles. The van der Waals surface area contributed by atoms with Crippen LogP contribution in [0.15, 0.2) is 213 Å². The highest BCUT2D eigenvalue weighted by molar-refractivity contribution is 5.93. The highest BCUT2D eigenvalue weighted by Crippen LogP contribution is 2.34. The molecule has 0 aliphatic heterocycles. The summed E-state index contributed by atoms with van der Waals surface area (Å²) in [7, 11) is 3.63. The maximum atomic E-state index is 13.1. The Bertz CT molecular complexity index is 3370. The molecule has 0 fully saturated rings. The molecule has 0 spiro atoms. The zero-order valence-corrected chi connectivity index (χ0v) is 42.8. The highest BCUT2D eigenvalue weighted by atomic mass is 16.5. The fraction of sp³-hybridized carbons (Fsp3) is 0.188. The third-order valence-electron chi connectivity index (χ3n) is 13.2. The van der Waals surface area contributed by atoms with Crippen molar-refractivity contribution in [3.05, 3.63) is 252 Å². The molecule has 9 rings (SSSR count). The van der Waals surface area contributed by atoms with Crippen molar-refractivity contribution in [2.45, 2.75) is 51.5 Å². The van der Waals surface area contributed by atoms with Crippen LogP contribution >= 0.6 is 0 Å². The van der Waals surface area contributed by atoms with E-state index < -0.39 is 17.9 Å². The zero-order valence-electron chi connectivity index (χ0n) is 42.8. The highest BCUT2D eigenvalue weighted by Gasteiger charge is 2.27. The fourth-order valence-electron chi connectivity index (χ4n) is 9.01.